The Hall–Kier alpha value is -3.00. The van der Waals surface area contributed by atoms with Crippen LogP contribution in [0.5, 0.6) is 11.5 Å². The van der Waals surface area contributed by atoms with E-state index in [1.165, 1.54) is 11.8 Å². The fraction of sp³-hybridized carbons (Fsp3) is 0.400. The third-order valence-corrected chi connectivity index (χ3v) is 7.23. The molecule has 2 fully saturated rings. The topological polar surface area (TPSA) is 69.5 Å². The number of amides is 1. The van der Waals surface area contributed by atoms with Crippen LogP contribution in [0.4, 0.5) is 0 Å². The van der Waals surface area contributed by atoms with Crippen LogP contribution in [0, 0.1) is 0 Å². The molecule has 1 saturated heterocycles. The van der Waals surface area contributed by atoms with Gasteiger partial charge in [0.1, 0.15) is 19.0 Å². The van der Waals surface area contributed by atoms with Gasteiger partial charge in [-0.2, -0.15) is 0 Å². The minimum absolute atomic E-state index is 0.0748. The Bertz CT molecular complexity index is 1160. The fourth-order valence-electron chi connectivity index (χ4n) is 4.62. The van der Waals surface area contributed by atoms with Crippen molar-refractivity contribution < 1.29 is 14.3 Å². The molecule has 0 radical (unpaired) electrons. The van der Waals surface area contributed by atoms with Gasteiger partial charge >= 0.3 is 0 Å². The van der Waals surface area contributed by atoms with Crippen LogP contribution < -0.4 is 9.47 Å². The molecule has 0 bridgehead atoms. The predicted molar refractivity (Wildman–Crippen MR) is 125 cm³/mol. The molecule has 1 aliphatic carbocycles. The predicted octanol–water partition coefficient (Wildman–Crippen LogP) is 4.37. The monoisotopic (exact) mass is 462 g/mol. The van der Waals surface area contributed by atoms with E-state index in [1.54, 1.807) is 0 Å². The lowest BCUT2D eigenvalue weighted by Gasteiger charge is -2.26. The lowest BCUT2D eigenvalue weighted by molar-refractivity contribution is -0.129. The number of rotatable bonds is 6. The second-order valence-corrected chi connectivity index (χ2v) is 9.65. The molecule has 3 heterocycles. The molecule has 6 rings (SSSR count). The third-order valence-electron chi connectivity index (χ3n) is 6.40. The molecule has 1 aromatic heterocycles. The number of carbonyl (C=O) groups is 1. The van der Waals surface area contributed by atoms with E-state index in [0.29, 0.717) is 30.0 Å². The molecule has 2 aromatic carbocycles. The van der Waals surface area contributed by atoms with E-state index >= 15 is 0 Å². The molecule has 1 amide bonds. The molecule has 0 spiro atoms. The summed E-state index contributed by atoms with van der Waals surface area (Å²) in [4.78, 5) is 20.0. The average molecular weight is 463 g/mol. The Balaban J connectivity index is 1.16. The van der Waals surface area contributed by atoms with Crippen LogP contribution >= 0.6 is 11.8 Å². The molecule has 2 aliphatic heterocycles. The lowest BCUT2D eigenvalue weighted by Crippen LogP contribution is -2.32. The summed E-state index contributed by atoms with van der Waals surface area (Å²) in [6, 6.07) is 16.2. The van der Waals surface area contributed by atoms with Gasteiger partial charge in [0.15, 0.2) is 11.5 Å². The molecule has 0 N–H and O–H groups in total. The first-order valence-corrected chi connectivity index (χ1v) is 12.6. The first-order chi connectivity index (χ1) is 16.3. The van der Waals surface area contributed by atoms with E-state index in [1.807, 2.05) is 52.0 Å². The Morgan fingerprint density at radius 1 is 1.03 bits per heavy atom. The summed E-state index contributed by atoms with van der Waals surface area (Å²) >= 11 is 1.43. The van der Waals surface area contributed by atoms with Crippen LogP contribution in [0.15, 0.2) is 53.7 Å². The van der Waals surface area contributed by atoms with Gasteiger partial charge in [-0.1, -0.05) is 36.0 Å². The van der Waals surface area contributed by atoms with Crippen LogP contribution in [-0.2, 0) is 4.79 Å². The number of nitrogens with zero attached hydrogens (tertiary/aromatic N) is 4. The number of benzene rings is 2. The number of hydrogen-bond acceptors (Lipinski definition) is 6. The largest absolute Gasteiger partial charge is 0.486 e. The van der Waals surface area contributed by atoms with E-state index in [4.69, 9.17) is 19.6 Å². The summed E-state index contributed by atoms with van der Waals surface area (Å²) in [6.45, 7) is 1.91. The molecule has 8 heteroatoms. The van der Waals surface area contributed by atoms with Crippen molar-refractivity contribution in [2.24, 2.45) is 0 Å². The van der Waals surface area contributed by atoms with E-state index in [-0.39, 0.29) is 11.9 Å². The highest BCUT2D eigenvalue weighted by Gasteiger charge is 2.33. The summed E-state index contributed by atoms with van der Waals surface area (Å²) in [7, 11) is 0. The van der Waals surface area contributed by atoms with Crippen molar-refractivity contribution in [3.63, 3.8) is 0 Å². The molecule has 0 unspecified atom stereocenters. The van der Waals surface area contributed by atoms with Crippen LogP contribution in [0.3, 0.4) is 0 Å². The van der Waals surface area contributed by atoms with Gasteiger partial charge in [-0.25, -0.2) is 9.67 Å². The molecule has 3 aliphatic rings. The van der Waals surface area contributed by atoms with Crippen molar-refractivity contribution in [1.29, 1.82) is 0 Å². The van der Waals surface area contributed by atoms with Crippen molar-refractivity contribution >= 4 is 17.7 Å². The van der Waals surface area contributed by atoms with Crippen LogP contribution in [0.2, 0.25) is 0 Å². The minimum atomic E-state index is 0.0748. The Kier molecular flexibility index (Phi) is 5.46. The first-order valence-electron chi connectivity index (χ1n) is 11.6. The highest BCUT2D eigenvalue weighted by molar-refractivity contribution is 7.99. The first kappa shape index (κ1) is 20.6. The molecule has 1 saturated carbocycles. The third kappa shape index (κ3) is 4.19. The van der Waals surface area contributed by atoms with Gasteiger partial charge in [-0.05, 0) is 55.5 Å². The van der Waals surface area contributed by atoms with Gasteiger partial charge in [0.05, 0.1) is 17.5 Å². The number of thioether (sulfide) groups is 1. The SMILES string of the molecule is O=C(CSc1nc(C2CC2)n(-c2ccccc2)n1)N1CCC[C@H]1c1ccc2c(c1)OCCO2. The zero-order chi connectivity index (χ0) is 22.2. The standard InChI is InChI=1S/C25H26N4O3S/c30-23(28-12-4-7-20(28)18-10-11-21-22(15-18)32-14-13-31-21)16-33-25-26-24(17-8-9-17)29(27-25)19-5-2-1-3-6-19/h1-3,5-6,10-11,15,17,20H,4,7-9,12-14,16H2/t20-/m0/s1. The molecule has 7 nitrogen and oxygen atoms in total. The molecule has 3 aromatic rings. The van der Waals surface area contributed by atoms with Crippen molar-refractivity contribution in [2.75, 3.05) is 25.5 Å². The maximum atomic E-state index is 13.2. The highest BCUT2D eigenvalue weighted by Crippen LogP contribution is 2.41. The van der Waals surface area contributed by atoms with E-state index < -0.39 is 0 Å². The Morgan fingerprint density at radius 2 is 1.85 bits per heavy atom. The number of fused-ring (bicyclic) bond motifs is 1. The van der Waals surface area contributed by atoms with Crippen molar-refractivity contribution in [1.82, 2.24) is 19.7 Å². The van der Waals surface area contributed by atoms with Crippen molar-refractivity contribution in [2.45, 2.75) is 42.8 Å². The molecule has 1 atom stereocenters. The van der Waals surface area contributed by atoms with Crippen LogP contribution in [0.25, 0.3) is 5.69 Å². The van der Waals surface area contributed by atoms with E-state index in [2.05, 4.69) is 6.07 Å². The summed E-state index contributed by atoms with van der Waals surface area (Å²) in [5, 5.41) is 5.40. The summed E-state index contributed by atoms with van der Waals surface area (Å²) in [5.74, 6) is 3.50. The quantitative estimate of drug-likeness (QED) is 0.507. The summed E-state index contributed by atoms with van der Waals surface area (Å²) < 4.78 is 13.3. The van der Waals surface area contributed by atoms with E-state index in [0.717, 1.165) is 60.8 Å². The minimum Gasteiger partial charge on any atom is -0.486 e. The second kappa shape index (κ2) is 8.74. The van der Waals surface area contributed by atoms with Crippen LogP contribution in [-0.4, -0.2) is 51.1 Å². The number of hydrogen-bond donors (Lipinski definition) is 0. The number of likely N-dealkylation sites (tertiary alicyclic amines) is 1. The highest BCUT2D eigenvalue weighted by atomic mass is 32.2. The Morgan fingerprint density at radius 3 is 2.67 bits per heavy atom. The second-order valence-electron chi connectivity index (χ2n) is 8.71. The average Bonchev–Trinajstić information content (AvgIpc) is 3.43. The van der Waals surface area contributed by atoms with Gasteiger partial charge in [0.25, 0.3) is 0 Å². The van der Waals surface area contributed by atoms with Gasteiger partial charge in [0.2, 0.25) is 11.1 Å². The molecule has 170 valence electrons. The Labute approximate surface area is 197 Å². The van der Waals surface area contributed by atoms with Gasteiger partial charge in [-0.3, -0.25) is 4.79 Å². The number of ether oxygens (including phenoxy) is 2. The normalized spacial score (nSPS) is 19.6. The van der Waals surface area contributed by atoms with E-state index in [9.17, 15) is 4.79 Å². The van der Waals surface area contributed by atoms with Crippen molar-refractivity contribution in [3.8, 4) is 17.2 Å². The maximum Gasteiger partial charge on any atom is 0.233 e. The van der Waals surface area contributed by atoms with Crippen LogP contribution in [0.1, 0.15) is 49.0 Å². The summed E-state index contributed by atoms with van der Waals surface area (Å²) in [5.41, 5.74) is 2.13. The lowest BCUT2D eigenvalue weighted by atomic mass is 10.0. The maximum absolute atomic E-state index is 13.2. The van der Waals surface area contributed by atoms with Gasteiger partial charge < -0.3 is 14.4 Å². The molecular formula is C25H26N4O3S. The number of para-hydroxylation sites is 1. The zero-order valence-corrected chi connectivity index (χ0v) is 19.2. The zero-order valence-electron chi connectivity index (χ0n) is 18.4. The van der Waals surface area contributed by atoms with Gasteiger partial charge in [0, 0.05) is 12.5 Å². The molecular weight excluding hydrogens is 436 g/mol. The fourth-order valence-corrected chi connectivity index (χ4v) is 5.33. The van der Waals surface area contributed by atoms with Gasteiger partial charge in [-0.15, -0.1) is 5.10 Å². The molecule has 33 heavy (non-hydrogen) atoms. The number of carbonyl (C=O) groups excluding carboxylic acids is 1. The number of aromatic nitrogens is 3. The summed E-state index contributed by atoms with van der Waals surface area (Å²) in [6.07, 6.45) is 4.27. The van der Waals surface area contributed by atoms with Crippen molar-refractivity contribution in [3.05, 3.63) is 59.9 Å². The smallest absolute Gasteiger partial charge is 0.233 e.